The Balaban J connectivity index is 2.91. The summed E-state index contributed by atoms with van der Waals surface area (Å²) in [5.41, 5.74) is 3.40. The van der Waals surface area contributed by atoms with Crippen molar-refractivity contribution in [1.29, 1.82) is 0 Å². The first-order valence-corrected chi connectivity index (χ1v) is 5.40. The first-order chi connectivity index (χ1) is 7.06. The van der Waals surface area contributed by atoms with Gasteiger partial charge in [-0.15, -0.1) is 0 Å². The second-order valence-corrected chi connectivity index (χ2v) is 3.99. The fraction of sp³-hybridized carbons (Fsp3) is 0.462. The molecule has 0 aliphatic rings. The van der Waals surface area contributed by atoms with Crippen LogP contribution in [0.3, 0.4) is 0 Å². The number of amides is 1. The highest BCUT2D eigenvalue weighted by Crippen LogP contribution is 2.20. The van der Waals surface area contributed by atoms with Gasteiger partial charge in [-0.05, 0) is 31.9 Å². The van der Waals surface area contributed by atoms with Crippen LogP contribution in [0.4, 0.5) is 5.69 Å². The van der Waals surface area contributed by atoms with Gasteiger partial charge in [0, 0.05) is 19.2 Å². The van der Waals surface area contributed by atoms with Gasteiger partial charge in [-0.25, -0.2) is 0 Å². The van der Waals surface area contributed by atoms with Crippen molar-refractivity contribution in [3.63, 3.8) is 0 Å². The molecule has 0 radical (unpaired) electrons. The molecule has 0 aromatic heterocycles. The van der Waals surface area contributed by atoms with Gasteiger partial charge in [0.15, 0.2) is 0 Å². The van der Waals surface area contributed by atoms with Gasteiger partial charge in [-0.2, -0.15) is 0 Å². The zero-order chi connectivity index (χ0) is 11.4. The molecule has 0 heterocycles. The largest absolute Gasteiger partial charge is 0.315 e. The SMILES string of the molecule is CCCC(=O)N(C)c1ccc(C)cc1C. The van der Waals surface area contributed by atoms with Crippen LogP contribution in [0.25, 0.3) is 0 Å². The molecule has 0 fully saturated rings. The predicted molar refractivity (Wildman–Crippen MR) is 64.2 cm³/mol. The van der Waals surface area contributed by atoms with Crippen LogP contribution in [-0.4, -0.2) is 13.0 Å². The lowest BCUT2D eigenvalue weighted by atomic mass is 10.1. The van der Waals surface area contributed by atoms with Crippen molar-refractivity contribution in [2.24, 2.45) is 0 Å². The number of hydrogen-bond acceptors (Lipinski definition) is 1. The third-order valence-electron chi connectivity index (χ3n) is 2.55. The normalized spacial score (nSPS) is 10.1. The van der Waals surface area contributed by atoms with Crippen molar-refractivity contribution >= 4 is 11.6 Å². The molecule has 0 bridgehead atoms. The number of anilines is 1. The van der Waals surface area contributed by atoms with Gasteiger partial charge in [0.2, 0.25) is 5.91 Å². The second kappa shape index (κ2) is 4.96. The monoisotopic (exact) mass is 205 g/mol. The number of benzene rings is 1. The summed E-state index contributed by atoms with van der Waals surface area (Å²) >= 11 is 0. The average molecular weight is 205 g/mol. The lowest BCUT2D eigenvalue weighted by Crippen LogP contribution is -2.26. The lowest BCUT2D eigenvalue weighted by Gasteiger charge is -2.19. The molecule has 0 aliphatic heterocycles. The van der Waals surface area contributed by atoms with E-state index in [1.165, 1.54) is 5.56 Å². The summed E-state index contributed by atoms with van der Waals surface area (Å²) in [6.45, 7) is 6.12. The summed E-state index contributed by atoms with van der Waals surface area (Å²) in [4.78, 5) is 13.5. The number of hydrogen-bond donors (Lipinski definition) is 0. The minimum Gasteiger partial charge on any atom is -0.315 e. The first kappa shape index (κ1) is 11.8. The van der Waals surface area contributed by atoms with Crippen LogP contribution in [0.5, 0.6) is 0 Å². The third kappa shape index (κ3) is 2.82. The van der Waals surface area contributed by atoms with Crippen molar-refractivity contribution in [1.82, 2.24) is 0 Å². The molecule has 2 heteroatoms. The molecule has 0 unspecified atom stereocenters. The van der Waals surface area contributed by atoms with E-state index in [9.17, 15) is 4.79 Å². The number of carbonyl (C=O) groups excluding carboxylic acids is 1. The minimum absolute atomic E-state index is 0.185. The molecule has 0 saturated heterocycles. The molecule has 0 atom stereocenters. The second-order valence-electron chi connectivity index (χ2n) is 3.99. The van der Waals surface area contributed by atoms with Crippen molar-refractivity contribution in [3.8, 4) is 0 Å². The van der Waals surface area contributed by atoms with Gasteiger partial charge in [-0.3, -0.25) is 4.79 Å². The zero-order valence-electron chi connectivity index (χ0n) is 10.0. The Hall–Kier alpha value is -1.31. The Morgan fingerprint density at radius 2 is 2.00 bits per heavy atom. The Morgan fingerprint density at radius 3 is 2.53 bits per heavy atom. The van der Waals surface area contributed by atoms with Crippen LogP contribution in [0, 0.1) is 13.8 Å². The highest BCUT2D eigenvalue weighted by atomic mass is 16.2. The smallest absolute Gasteiger partial charge is 0.226 e. The molecule has 1 aromatic rings. The van der Waals surface area contributed by atoms with E-state index in [0.29, 0.717) is 6.42 Å². The summed E-state index contributed by atoms with van der Waals surface area (Å²) in [7, 11) is 1.84. The molecular weight excluding hydrogens is 186 g/mol. The van der Waals surface area contributed by atoms with Gasteiger partial charge >= 0.3 is 0 Å². The maximum absolute atomic E-state index is 11.7. The van der Waals surface area contributed by atoms with Crippen molar-refractivity contribution in [3.05, 3.63) is 29.3 Å². The van der Waals surface area contributed by atoms with Gasteiger partial charge in [0.1, 0.15) is 0 Å². The van der Waals surface area contributed by atoms with Crippen molar-refractivity contribution in [2.75, 3.05) is 11.9 Å². The number of nitrogens with zero attached hydrogens (tertiary/aromatic N) is 1. The van der Waals surface area contributed by atoms with Crippen LogP contribution >= 0.6 is 0 Å². The number of carbonyl (C=O) groups is 1. The summed E-state index contributed by atoms with van der Waals surface area (Å²) in [5.74, 6) is 0.185. The number of rotatable bonds is 3. The maximum Gasteiger partial charge on any atom is 0.226 e. The fourth-order valence-electron chi connectivity index (χ4n) is 1.70. The van der Waals surface area contributed by atoms with E-state index in [2.05, 4.69) is 13.0 Å². The maximum atomic E-state index is 11.7. The highest BCUT2D eigenvalue weighted by molar-refractivity contribution is 5.93. The lowest BCUT2D eigenvalue weighted by molar-refractivity contribution is -0.118. The van der Waals surface area contributed by atoms with Crippen molar-refractivity contribution < 1.29 is 4.79 Å². The molecule has 0 aliphatic carbocycles. The number of aryl methyl sites for hydroxylation is 2. The quantitative estimate of drug-likeness (QED) is 0.742. The summed E-state index contributed by atoms with van der Waals surface area (Å²) in [5, 5.41) is 0. The van der Waals surface area contributed by atoms with E-state index in [1.54, 1.807) is 4.90 Å². The fourth-order valence-corrected chi connectivity index (χ4v) is 1.70. The van der Waals surface area contributed by atoms with E-state index >= 15 is 0 Å². The molecule has 2 nitrogen and oxygen atoms in total. The molecule has 1 amide bonds. The topological polar surface area (TPSA) is 20.3 Å². The molecule has 1 aromatic carbocycles. The predicted octanol–water partition coefficient (Wildman–Crippen LogP) is 3.07. The van der Waals surface area contributed by atoms with Crippen molar-refractivity contribution in [2.45, 2.75) is 33.6 Å². The van der Waals surface area contributed by atoms with Crippen LogP contribution in [-0.2, 0) is 4.79 Å². The summed E-state index contributed by atoms with van der Waals surface area (Å²) in [6, 6.07) is 6.15. The molecular formula is C13H19NO. The average Bonchev–Trinajstić information content (AvgIpc) is 2.17. The Bertz CT molecular complexity index is 358. The Kier molecular flexibility index (Phi) is 3.89. The van der Waals surface area contributed by atoms with Gasteiger partial charge < -0.3 is 4.90 Å². The standard InChI is InChI=1S/C13H19NO/c1-5-6-13(15)14(4)12-8-7-10(2)9-11(12)3/h7-9H,5-6H2,1-4H3. The van der Waals surface area contributed by atoms with Gasteiger partial charge in [-0.1, -0.05) is 24.6 Å². The Morgan fingerprint density at radius 1 is 1.33 bits per heavy atom. The summed E-state index contributed by atoms with van der Waals surface area (Å²) < 4.78 is 0. The van der Waals surface area contributed by atoms with E-state index < -0.39 is 0 Å². The van der Waals surface area contributed by atoms with E-state index in [0.717, 1.165) is 17.7 Å². The molecule has 0 saturated carbocycles. The highest BCUT2D eigenvalue weighted by Gasteiger charge is 2.11. The molecule has 1 rings (SSSR count). The van der Waals surface area contributed by atoms with Crippen LogP contribution < -0.4 is 4.90 Å². The van der Waals surface area contributed by atoms with Gasteiger partial charge in [0.25, 0.3) is 0 Å². The van der Waals surface area contributed by atoms with E-state index in [1.807, 2.05) is 33.0 Å². The molecule has 0 N–H and O–H groups in total. The van der Waals surface area contributed by atoms with Crippen LogP contribution in [0.2, 0.25) is 0 Å². The van der Waals surface area contributed by atoms with Crippen LogP contribution in [0.15, 0.2) is 18.2 Å². The van der Waals surface area contributed by atoms with E-state index in [-0.39, 0.29) is 5.91 Å². The molecule has 82 valence electrons. The molecule has 0 spiro atoms. The first-order valence-electron chi connectivity index (χ1n) is 5.40. The Labute approximate surface area is 91.9 Å². The summed E-state index contributed by atoms with van der Waals surface area (Å²) in [6.07, 6.45) is 1.51. The third-order valence-corrected chi connectivity index (χ3v) is 2.55. The minimum atomic E-state index is 0.185. The zero-order valence-corrected chi connectivity index (χ0v) is 10.0. The van der Waals surface area contributed by atoms with Gasteiger partial charge in [0.05, 0.1) is 0 Å². The van der Waals surface area contributed by atoms with Crippen LogP contribution in [0.1, 0.15) is 30.9 Å². The van der Waals surface area contributed by atoms with E-state index in [4.69, 9.17) is 0 Å². The molecule has 15 heavy (non-hydrogen) atoms.